The number of hydrogen-bond acceptors (Lipinski definition) is 5. The summed E-state index contributed by atoms with van der Waals surface area (Å²) >= 11 is 1.52. The first-order valence-electron chi connectivity index (χ1n) is 4.94. The molecule has 1 atom stereocenters. The Kier molecular flexibility index (Phi) is 4.90. The average Bonchev–Trinajstić information content (AvgIpc) is 2.61. The summed E-state index contributed by atoms with van der Waals surface area (Å²) in [5.41, 5.74) is 5.40. The summed E-state index contributed by atoms with van der Waals surface area (Å²) in [5, 5.41) is 0.345. The molecule has 0 aromatic carbocycles. The number of thioether (sulfide) groups is 1. The zero-order valence-corrected chi connectivity index (χ0v) is 9.59. The molecule has 6 heteroatoms. The Labute approximate surface area is 93.3 Å². The van der Waals surface area contributed by atoms with E-state index in [2.05, 4.69) is 4.74 Å². The van der Waals surface area contributed by atoms with Crippen molar-refractivity contribution in [2.24, 2.45) is 5.73 Å². The number of ether oxygens (including phenoxy) is 1. The van der Waals surface area contributed by atoms with Crippen LogP contribution in [0.5, 0.6) is 0 Å². The van der Waals surface area contributed by atoms with E-state index in [1.54, 1.807) is 0 Å². The second kappa shape index (κ2) is 5.97. The van der Waals surface area contributed by atoms with Crippen molar-refractivity contribution < 1.29 is 14.3 Å². The number of amides is 2. The van der Waals surface area contributed by atoms with E-state index < -0.39 is 6.09 Å². The highest BCUT2D eigenvalue weighted by atomic mass is 32.2. The zero-order chi connectivity index (χ0) is 11.3. The second-order valence-corrected chi connectivity index (χ2v) is 4.79. The van der Waals surface area contributed by atoms with Crippen molar-refractivity contribution in [3.05, 3.63) is 0 Å². The van der Waals surface area contributed by atoms with Gasteiger partial charge < -0.3 is 10.5 Å². The van der Waals surface area contributed by atoms with Gasteiger partial charge in [-0.15, -0.1) is 11.8 Å². The minimum atomic E-state index is -0.521. The molecule has 15 heavy (non-hydrogen) atoms. The highest BCUT2D eigenvalue weighted by molar-refractivity contribution is 8.00. The van der Waals surface area contributed by atoms with E-state index in [9.17, 15) is 9.59 Å². The van der Waals surface area contributed by atoms with Crippen LogP contribution in [-0.2, 0) is 9.53 Å². The predicted octanol–water partition coefficient (Wildman–Crippen LogP) is 0.436. The minimum Gasteiger partial charge on any atom is -0.447 e. The first kappa shape index (κ1) is 12.3. The standard InChI is InChI=1S/C9H16N2O3S/c1-7(2-3-10)15-6-8(12)11-4-5-14-9(11)13/h7H,2-6,10H2,1H3. The lowest BCUT2D eigenvalue weighted by molar-refractivity contribution is -0.125. The first-order chi connectivity index (χ1) is 7.15. The summed E-state index contributed by atoms with van der Waals surface area (Å²) in [5.74, 6) is 0.141. The van der Waals surface area contributed by atoms with Gasteiger partial charge in [0.2, 0.25) is 5.91 Å². The third-order valence-corrected chi connectivity index (χ3v) is 3.34. The van der Waals surface area contributed by atoms with Crippen LogP contribution in [0, 0.1) is 0 Å². The van der Waals surface area contributed by atoms with Gasteiger partial charge in [-0.2, -0.15) is 0 Å². The molecule has 1 rings (SSSR count). The number of carbonyl (C=O) groups is 2. The largest absolute Gasteiger partial charge is 0.447 e. The van der Waals surface area contributed by atoms with E-state index in [0.29, 0.717) is 30.7 Å². The summed E-state index contributed by atoms with van der Waals surface area (Å²) in [4.78, 5) is 23.7. The summed E-state index contributed by atoms with van der Waals surface area (Å²) in [6.45, 7) is 3.33. The molecule has 2 N–H and O–H groups in total. The minimum absolute atomic E-state index is 0.175. The number of hydrogen-bond donors (Lipinski definition) is 1. The van der Waals surface area contributed by atoms with Crippen molar-refractivity contribution in [3.63, 3.8) is 0 Å². The lowest BCUT2D eigenvalue weighted by Crippen LogP contribution is -2.33. The molecule has 1 aliphatic heterocycles. The Balaban J connectivity index is 2.26. The number of nitrogens with two attached hydrogens (primary N) is 1. The molecule has 0 aromatic heterocycles. The van der Waals surface area contributed by atoms with Gasteiger partial charge in [0.1, 0.15) is 6.61 Å². The Hall–Kier alpha value is -0.750. The number of imide groups is 1. The van der Waals surface area contributed by atoms with Crippen LogP contribution in [-0.4, -0.2) is 47.6 Å². The summed E-state index contributed by atoms with van der Waals surface area (Å²) in [6.07, 6.45) is 0.356. The normalized spacial score (nSPS) is 17.7. The van der Waals surface area contributed by atoms with Crippen molar-refractivity contribution in [3.8, 4) is 0 Å². The third kappa shape index (κ3) is 3.71. The highest BCUT2D eigenvalue weighted by Crippen LogP contribution is 2.15. The molecule has 1 heterocycles. The van der Waals surface area contributed by atoms with Crippen molar-refractivity contribution in [2.75, 3.05) is 25.4 Å². The fourth-order valence-corrected chi connectivity index (χ4v) is 2.12. The van der Waals surface area contributed by atoms with Crippen LogP contribution in [0.4, 0.5) is 4.79 Å². The Bertz CT molecular complexity index is 248. The molecule has 1 saturated heterocycles. The summed E-state index contributed by atoms with van der Waals surface area (Å²) in [7, 11) is 0. The first-order valence-corrected chi connectivity index (χ1v) is 5.99. The molecule has 0 aromatic rings. The molecule has 2 amide bonds. The third-order valence-electron chi connectivity index (χ3n) is 2.13. The highest BCUT2D eigenvalue weighted by Gasteiger charge is 2.28. The maximum atomic E-state index is 11.5. The molecule has 0 spiro atoms. The van der Waals surface area contributed by atoms with Gasteiger partial charge in [-0.3, -0.25) is 4.79 Å². The lowest BCUT2D eigenvalue weighted by atomic mass is 10.3. The van der Waals surface area contributed by atoms with Gasteiger partial charge in [-0.1, -0.05) is 6.92 Å². The topological polar surface area (TPSA) is 72.6 Å². The maximum absolute atomic E-state index is 11.5. The molecular weight excluding hydrogens is 216 g/mol. The number of nitrogens with zero attached hydrogens (tertiary/aromatic N) is 1. The van der Waals surface area contributed by atoms with Crippen LogP contribution in [0.1, 0.15) is 13.3 Å². The van der Waals surface area contributed by atoms with Gasteiger partial charge in [0, 0.05) is 5.25 Å². The van der Waals surface area contributed by atoms with Crippen molar-refractivity contribution in [1.29, 1.82) is 0 Å². The van der Waals surface area contributed by atoms with E-state index in [4.69, 9.17) is 5.73 Å². The maximum Gasteiger partial charge on any atom is 0.416 e. The Morgan fingerprint density at radius 2 is 2.47 bits per heavy atom. The van der Waals surface area contributed by atoms with Gasteiger partial charge in [0.25, 0.3) is 0 Å². The van der Waals surface area contributed by atoms with Crippen LogP contribution in [0.2, 0.25) is 0 Å². The second-order valence-electron chi connectivity index (χ2n) is 3.36. The SMILES string of the molecule is CC(CCN)SCC(=O)N1CCOC1=O. The van der Waals surface area contributed by atoms with E-state index in [0.717, 1.165) is 11.3 Å². The molecule has 1 fully saturated rings. The molecule has 1 aliphatic rings. The van der Waals surface area contributed by atoms with Crippen LogP contribution in [0.25, 0.3) is 0 Å². The van der Waals surface area contributed by atoms with Crippen LogP contribution < -0.4 is 5.73 Å². The fraction of sp³-hybridized carbons (Fsp3) is 0.778. The van der Waals surface area contributed by atoms with Crippen molar-refractivity contribution in [1.82, 2.24) is 4.90 Å². The molecule has 0 aliphatic carbocycles. The monoisotopic (exact) mass is 232 g/mol. The Morgan fingerprint density at radius 1 is 1.73 bits per heavy atom. The number of rotatable bonds is 5. The molecular formula is C9H16N2O3S. The zero-order valence-electron chi connectivity index (χ0n) is 8.77. The van der Waals surface area contributed by atoms with Crippen LogP contribution >= 0.6 is 11.8 Å². The van der Waals surface area contributed by atoms with Crippen LogP contribution in [0.15, 0.2) is 0 Å². The van der Waals surface area contributed by atoms with Gasteiger partial charge in [-0.25, -0.2) is 9.69 Å². The van der Waals surface area contributed by atoms with E-state index in [1.165, 1.54) is 11.8 Å². The van der Waals surface area contributed by atoms with Crippen LogP contribution in [0.3, 0.4) is 0 Å². The van der Waals surface area contributed by atoms with Crippen molar-refractivity contribution in [2.45, 2.75) is 18.6 Å². The Morgan fingerprint density at radius 3 is 3.00 bits per heavy atom. The van der Waals surface area contributed by atoms with E-state index in [1.807, 2.05) is 6.92 Å². The van der Waals surface area contributed by atoms with Gasteiger partial charge in [0.05, 0.1) is 12.3 Å². The predicted molar refractivity (Wildman–Crippen MR) is 58.7 cm³/mol. The molecule has 86 valence electrons. The smallest absolute Gasteiger partial charge is 0.416 e. The average molecular weight is 232 g/mol. The number of cyclic esters (lactones) is 1. The van der Waals surface area contributed by atoms with Gasteiger partial charge in [0.15, 0.2) is 0 Å². The van der Waals surface area contributed by atoms with Crippen molar-refractivity contribution >= 4 is 23.8 Å². The fourth-order valence-electron chi connectivity index (χ4n) is 1.23. The molecule has 1 unspecified atom stereocenters. The van der Waals surface area contributed by atoms with Gasteiger partial charge in [-0.05, 0) is 13.0 Å². The molecule has 0 saturated carbocycles. The summed E-state index contributed by atoms with van der Waals surface area (Å²) in [6, 6.07) is 0. The molecule has 0 radical (unpaired) electrons. The van der Waals surface area contributed by atoms with E-state index >= 15 is 0 Å². The number of carbonyl (C=O) groups excluding carboxylic acids is 2. The summed E-state index contributed by atoms with van der Waals surface area (Å²) < 4.78 is 4.68. The lowest BCUT2D eigenvalue weighted by Gasteiger charge is -2.13. The molecule has 5 nitrogen and oxygen atoms in total. The van der Waals surface area contributed by atoms with E-state index in [-0.39, 0.29) is 5.91 Å². The molecule has 0 bridgehead atoms. The van der Waals surface area contributed by atoms with Gasteiger partial charge >= 0.3 is 6.09 Å². The quantitative estimate of drug-likeness (QED) is 0.744.